The van der Waals surface area contributed by atoms with Crippen LogP contribution in [0.2, 0.25) is 0 Å². The van der Waals surface area contributed by atoms with Gasteiger partial charge in [-0.3, -0.25) is 13.9 Å². The van der Waals surface area contributed by atoms with E-state index in [4.69, 9.17) is 4.74 Å². The number of fused-ring (bicyclic) bond motifs is 1. The van der Waals surface area contributed by atoms with E-state index in [0.717, 1.165) is 41.0 Å². The zero-order valence-corrected chi connectivity index (χ0v) is 22.2. The van der Waals surface area contributed by atoms with Crippen LogP contribution in [0.3, 0.4) is 0 Å². The third kappa shape index (κ3) is 4.50. The van der Waals surface area contributed by atoms with E-state index in [1.165, 1.54) is 23.6 Å². The highest BCUT2D eigenvalue weighted by atomic mass is 19.4. The lowest BCUT2D eigenvalue weighted by Crippen LogP contribution is -2.52. The van der Waals surface area contributed by atoms with Gasteiger partial charge in [0.1, 0.15) is 18.4 Å². The Balaban J connectivity index is 1.61. The molecule has 1 aliphatic carbocycles. The van der Waals surface area contributed by atoms with Gasteiger partial charge in [-0.25, -0.2) is 9.59 Å². The normalized spacial score (nSPS) is 18.2. The number of carbonyl (C=O) groups is 3. The molecule has 2 heterocycles. The number of esters is 1. The van der Waals surface area contributed by atoms with Crippen LogP contribution in [0.5, 0.6) is 0 Å². The van der Waals surface area contributed by atoms with Crippen LogP contribution in [0, 0.1) is 12.8 Å². The Bertz CT molecular complexity index is 1630. The van der Waals surface area contributed by atoms with Crippen LogP contribution in [-0.4, -0.2) is 49.3 Å². The van der Waals surface area contributed by atoms with E-state index >= 15 is 0 Å². The Morgan fingerprint density at radius 3 is 2.45 bits per heavy atom. The summed E-state index contributed by atoms with van der Waals surface area (Å²) in [5, 5.41) is 0. The molecule has 1 aromatic heterocycles. The molecule has 0 N–H and O–H groups in total. The van der Waals surface area contributed by atoms with Crippen molar-refractivity contribution in [2.45, 2.75) is 51.9 Å². The van der Waals surface area contributed by atoms with Gasteiger partial charge >= 0.3 is 29.8 Å². The molecule has 3 amide bonds. The van der Waals surface area contributed by atoms with Crippen molar-refractivity contribution in [3.63, 3.8) is 0 Å². The summed E-state index contributed by atoms with van der Waals surface area (Å²) in [6, 6.07) is 7.65. The molecule has 0 radical (unpaired) electrons. The van der Waals surface area contributed by atoms with Gasteiger partial charge in [-0.1, -0.05) is 12.1 Å². The van der Waals surface area contributed by atoms with E-state index in [9.17, 15) is 32.3 Å². The first kappa shape index (κ1) is 27.4. The number of imidazole rings is 1. The number of aryl methyl sites for hydroxylation is 1. The lowest BCUT2D eigenvalue weighted by atomic mass is 9.93. The van der Waals surface area contributed by atoms with Crippen LogP contribution in [0.1, 0.15) is 48.9 Å². The number of alkyl halides is 3. The summed E-state index contributed by atoms with van der Waals surface area (Å²) in [5.41, 5.74) is 0.463. The topological polar surface area (TPSA) is 93.6 Å². The van der Waals surface area contributed by atoms with Crippen LogP contribution in [0.4, 0.5) is 23.7 Å². The summed E-state index contributed by atoms with van der Waals surface area (Å²) in [6.07, 6.45) is -0.763. The molecule has 2 aromatic carbocycles. The molecule has 12 heteroatoms. The molecular formula is C28H28F3N4O5+. The molecule has 1 aliphatic heterocycles. The molecule has 210 valence electrons. The molecule has 5 rings (SSSR count). The Hall–Kier alpha value is -4.22. The average molecular weight is 558 g/mol. The summed E-state index contributed by atoms with van der Waals surface area (Å²) in [7, 11) is 1.66. The standard InChI is InChI=1S/C28H28F3N4O5/c1-4-40-25(37)20-15-33(19-11-12-22-23(13-19)35(18-8-6-9-18)26(38)32(22)3)27(39)34(24(20)36)14-17-7-5-10-21(16(17)2)28(29,30)31/h5,7,10-13,15,18,20H,4,6,8-9,14H2,1-3H3/q+1. The van der Waals surface area contributed by atoms with E-state index in [-0.39, 0.29) is 29.5 Å². The fourth-order valence-corrected chi connectivity index (χ4v) is 5.24. The number of rotatable bonds is 6. The Morgan fingerprint density at radius 2 is 1.82 bits per heavy atom. The van der Waals surface area contributed by atoms with Crippen LogP contribution >= 0.6 is 0 Å². The molecule has 40 heavy (non-hydrogen) atoms. The third-order valence-corrected chi connectivity index (χ3v) is 7.68. The molecule has 0 saturated heterocycles. The first-order valence-electron chi connectivity index (χ1n) is 13.0. The largest absolute Gasteiger partial charge is 0.505 e. The maximum Gasteiger partial charge on any atom is 0.505 e. The summed E-state index contributed by atoms with van der Waals surface area (Å²) in [5.74, 6) is -3.28. The van der Waals surface area contributed by atoms with E-state index in [0.29, 0.717) is 16.7 Å². The van der Waals surface area contributed by atoms with Crippen molar-refractivity contribution >= 4 is 40.8 Å². The fraction of sp³-hybridized carbons (Fsp3) is 0.393. The number of benzene rings is 2. The molecule has 0 bridgehead atoms. The summed E-state index contributed by atoms with van der Waals surface area (Å²) >= 11 is 0. The minimum atomic E-state index is -4.62. The smallest absolute Gasteiger partial charge is 0.465 e. The van der Waals surface area contributed by atoms with E-state index < -0.39 is 42.1 Å². The van der Waals surface area contributed by atoms with Gasteiger partial charge in [0.2, 0.25) is 5.92 Å². The SMILES string of the molecule is CCOC(=O)C1C=[N+](c2ccc3c(c2)n(C2CCC2)c(=O)n3C)C(=O)N(Cc2cccc(C(F)(F)F)c2C)C1=O. The van der Waals surface area contributed by atoms with Crippen molar-refractivity contribution in [3.05, 3.63) is 63.6 Å². The fourth-order valence-electron chi connectivity index (χ4n) is 5.24. The second kappa shape index (κ2) is 10.1. The molecule has 2 aliphatic rings. The molecular weight excluding hydrogens is 529 g/mol. The minimum Gasteiger partial charge on any atom is -0.465 e. The molecule has 1 fully saturated rings. The predicted octanol–water partition coefficient (Wildman–Crippen LogP) is 4.45. The molecule has 1 saturated carbocycles. The van der Waals surface area contributed by atoms with Crippen molar-refractivity contribution in [1.29, 1.82) is 0 Å². The number of imide groups is 1. The average Bonchev–Trinajstić information content (AvgIpc) is 3.10. The monoisotopic (exact) mass is 557 g/mol. The number of urea groups is 1. The molecule has 9 nitrogen and oxygen atoms in total. The van der Waals surface area contributed by atoms with Crippen molar-refractivity contribution in [3.8, 4) is 0 Å². The minimum absolute atomic E-state index is 0.0131. The van der Waals surface area contributed by atoms with Gasteiger partial charge in [0, 0.05) is 19.2 Å². The number of carbonyl (C=O) groups excluding carboxylic acids is 3. The number of nitrogens with zero attached hydrogens (tertiary/aromatic N) is 4. The van der Waals surface area contributed by atoms with Crippen LogP contribution in [-0.2, 0) is 34.1 Å². The molecule has 1 unspecified atom stereocenters. The quantitative estimate of drug-likeness (QED) is 0.254. The highest BCUT2D eigenvalue weighted by Gasteiger charge is 2.48. The maximum atomic E-state index is 13.7. The van der Waals surface area contributed by atoms with Crippen molar-refractivity contribution in [2.75, 3.05) is 6.61 Å². The van der Waals surface area contributed by atoms with E-state index in [1.807, 2.05) is 0 Å². The zero-order chi connectivity index (χ0) is 28.9. The highest BCUT2D eigenvalue weighted by molar-refractivity contribution is 6.16. The predicted molar refractivity (Wildman–Crippen MR) is 138 cm³/mol. The van der Waals surface area contributed by atoms with Crippen molar-refractivity contribution in [1.82, 2.24) is 14.0 Å². The van der Waals surface area contributed by atoms with Gasteiger partial charge < -0.3 is 4.74 Å². The Morgan fingerprint density at radius 1 is 1.10 bits per heavy atom. The van der Waals surface area contributed by atoms with Gasteiger partial charge in [0.25, 0.3) is 0 Å². The number of halogens is 3. The summed E-state index contributed by atoms with van der Waals surface area (Å²) in [4.78, 5) is 53.5. The van der Waals surface area contributed by atoms with Gasteiger partial charge in [0.15, 0.2) is 0 Å². The first-order chi connectivity index (χ1) is 18.9. The van der Waals surface area contributed by atoms with Gasteiger partial charge in [-0.05, 0) is 62.4 Å². The number of ether oxygens (including phenoxy) is 1. The molecule has 0 spiro atoms. The molecule has 3 aromatic rings. The van der Waals surface area contributed by atoms with E-state index in [1.54, 1.807) is 36.7 Å². The third-order valence-electron chi connectivity index (χ3n) is 7.68. The highest BCUT2D eigenvalue weighted by Crippen LogP contribution is 2.35. The van der Waals surface area contributed by atoms with Gasteiger partial charge in [0.05, 0.1) is 23.2 Å². The van der Waals surface area contributed by atoms with Crippen molar-refractivity contribution < 1.29 is 36.9 Å². The Labute approximate surface area is 227 Å². The number of amides is 3. The number of hydrogen-bond donors (Lipinski definition) is 0. The summed E-state index contributed by atoms with van der Waals surface area (Å²) < 4.78 is 50.0. The van der Waals surface area contributed by atoms with Crippen LogP contribution in [0.25, 0.3) is 11.0 Å². The maximum absolute atomic E-state index is 13.7. The van der Waals surface area contributed by atoms with Gasteiger partial charge in [-0.15, -0.1) is 0 Å². The van der Waals surface area contributed by atoms with Crippen LogP contribution in [0.15, 0.2) is 41.2 Å². The van der Waals surface area contributed by atoms with Crippen LogP contribution < -0.4 is 5.69 Å². The van der Waals surface area contributed by atoms with E-state index in [2.05, 4.69) is 0 Å². The second-order valence-corrected chi connectivity index (χ2v) is 10.0. The number of aromatic nitrogens is 2. The van der Waals surface area contributed by atoms with Crippen molar-refractivity contribution in [2.24, 2.45) is 13.0 Å². The second-order valence-electron chi connectivity index (χ2n) is 10.0. The first-order valence-corrected chi connectivity index (χ1v) is 13.0. The number of hydrogen-bond acceptors (Lipinski definition) is 5. The zero-order valence-electron chi connectivity index (χ0n) is 22.2. The lowest BCUT2D eigenvalue weighted by Gasteiger charge is -2.27. The van der Waals surface area contributed by atoms with Gasteiger partial charge in [-0.2, -0.15) is 27.4 Å². The lowest BCUT2D eigenvalue weighted by molar-refractivity contribution is -0.344. The Kier molecular flexibility index (Phi) is 6.89. The summed E-state index contributed by atoms with van der Waals surface area (Å²) in [6.45, 7) is 2.35. The molecule has 1 atom stereocenters.